The van der Waals surface area contributed by atoms with Gasteiger partial charge in [0, 0.05) is 23.5 Å². The molecule has 2 N–H and O–H groups in total. The highest BCUT2D eigenvalue weighted by Crippen LogP contribution is 2.36. The summed E-state index contributed by atoms with van der Waals surface area (Å²) >= 11 is 0. The first-order valence-corrected chi connectivity index (χ1v) is 8.52. The zero-order chi connectivity index (χ0) is 19.7. The first kappa shape index (κ1) is 17.4. The molecule has 1 aromatic heterocycles. The predicted octanol–water partition coefficient (Wildman–Crippen LogP) is 3.11. The summed E-state index contributed by atoms with van der Waals surface area (Å²) in [6, 6.07) is 14.6. The minimum atomic E-state index is -0.651. The summed E-state index contributed by atoms with van der Waals surface area (Å²) in [7, 11) is 0. The van der Waals surface area contributed by atoms with E-state index in [1.165, 1.54) is 18.5 Å². The Labute approximate surface area is 159 Å². The number of para-hydroxylation sites is 1. The van der Waals surface area contributed by atoms with Gasteiger partial charge in [-0.1, -0.05) is 30.3 Å². The van der Waals surface area contributed by atoms with Gasteiger partial charge in [0.25, 0.3) is 11.6 Å². The molecule has 1 aliphatic heterocycles. The van der Waals surface area contributed by atoms with E-state index >= 15 is 0 Å². The number of amides is 1. The van der Waals surface area contributed by atoms with E-state index in [1.807, 2.05) is 18.2 Å². The van der Waals surface area contributed by atoms with Crippen LogP contribution in [0.2, 0.25) is 0 Å². The maximum atomic E-state index is 13.1. The van der Waals surface area contributed by atoms with E-state index < -0.39 is 11.0 Å². The molecule has 0 fully saturated rings. The molecular formula is C19H16N6O3. The highest BCUT2D eigenvalue weighted by Gasteiger charge is 2.34. The van der Waals surface area contributed by atoms with Gasteiger partial charge in [0.15, 0.2) is 0 Å². The maximum Gasteiger partial charge on any atom is 0.269 e. The number of carbonyl (C=O) groups is 1. The second kappa shape index (κ2) is 6.95. The van der Waals surface area contributed by atoms with Gasteiger partial charge in [-0.3, -0.25) is 14.9 Å². The summed E-state index contributed by atoms with van der Waals surface area (Å²) in [6.45, 7) is 1.77. The van der Waals surface area contributed by atoms with Crippen molar-refractivity contribution in [1.82, 2.24) is 14.8 Å². The number of nitrogens with zero attached hydrogens (tertiary/aromatic N) is 4. The van der Waals surface area contributed by atoms with Gasteiger partial charge >= 0.3 is 0 Å². The van der Waals surface area contributed by atoms with Crippen LogP contribution in [0.15, 0.2) is 72.2 Å². The molecule has 28 heavy (non-hydrogen) atoms. The third-order valence-electron chi connectivity index (χ3n) is 4.47. The average Bonchev–Trinajstić information content (AvgIpc) is 3.15. The van der Waals surface area contributed by atoms with E-state index in [0.29, 0.717) is 28.5 Å². The lowest BCUT2D eigenvalue weighted by atomic mass is 9.94. The Morgan fingerprint density at radius 2 is 2.00 bits per heavy atom. The summed E-state index contributed by atoms with van der Waals surface area (Å²) in [4.78, 5) is 28.0. The second-order valence-electron chi connectivity index (χ2n) is 6.27. The summed E-state index contributed by atoms with van der Waals surface area (Å²) in [5, 5.41) is 21.4. The molecule has 0 spiro atoms. The standard InChI is InChI=1S/C19H16N6O3/c1-12-16(18(26)23-14-7-3-2-4-8-14)17(24-19(22-12)20-11-21-24)13-6-5-9-15(10-13)25(27)28/h2-11,17H,1H3,(H,23,26)(H,20,21,22)/t17-/m1/s1. The zero-order valence-electron chi connectivity index (χ0n) is 14.9. The number of anilines is 2. The van der Waals surface area contributed by atoms with Gasteiger partial charge in [-0.2, -0.15) is 10.1 Å². The van der Waals surface area contributed by atoms with Crippen LogP contribution in [0.4, 0.5) is 17.3 Å². The van der Waals surface area contributed by atoms with Crippen molar-refractivity contribution < 1.29 is 9.72 Å². The SMILES string of the molecule is CC1=C(C(=O)Nc2ccccc2)[C@@H](c2cccc([N+](=O)[O-])c2)n2ncnc2N1. The lowest BCUT2D eigenvalue weighted by Crippen LogP contribution is -2.31. The summed E-state index contributed by atoms with van der Waals surface area (Å²) < 4.78 is 1.55. The molecule has 2 heterocycles. The van der Waals surface area contributed by atoms with Crippen LogP contribution in [0.1, 0.15) is 18.5 Å². The van der Waals surface area contributed by atoms with Gasteiger partial charge in [0.2, 0.25) is 5.95 Å². The van der Waals surface area contributed by atoms with Crippen molar-refractivity contribution in [3.05, 3.63) is 87.9 Å². The monoisotopic (exact) mass is 376 g/mol. The van der Waals surface area contributed by atoms with Crippen molar-refractivity contribution in [3.63, 3.8) is 0 Å². The lowest BCUT2D eigenvalue weighted by molar-refractivity contribution is -0.384. The molecule has 140 valence electrons. The molecule has 0 aliphatic carbocycles. The molecule has 1 amide bonds. The smallest absolute Gasteiger partial charge is 0.269 e. The Morgan fingerprint density at radius 1 is 1.21 bits per heavy atom. The largest absolute Gasteiger partial charge is 0.328 e. The molecule has 0 radical (unpaired) electrons. The van der Waals surface area contributed by atoms with Gasteiger partial charge in [-0.15, -0.1) is 0 Å². The number of nitro benzene ring substituents is 1. The Balaban J connectivity index is 1.80. The Morgan fingerprint density at radius 3 is 2.75 bits per heavy atom. The fourth-order valence-electron chi connectivity index (χ4n) is 3.22. The third kappa shape index (κ3) is 3.09. The molecule has 9 heteroatoms. The number of nitrogens with one attached hydrogen (secondary N) is 2. The quantitative estimate of drug-likeness (QED) is 0.534. The molecule has 1 atom stereocenters. The first-order chi connectivity index (χ1) is 13.5. The number of hydrogen-bond acceptors (Lipinski definition) is 6. The summed E-state index contributed by atoms with van der Waals surface area (Å²) in [6.07, 6.45) is 1.37. The number of benzene rings is 2. The average molecular weight is 376 g/mol. The van der Waals surface area contributed by atoms with Gasteiger partial charge in [0.05, 0.1) is 10.5 Å². The van der Waals surface area contributed by atoms with E-state index in [1.54, 1.807) is 35.9 Å². The van der Waals surface area contributed by atoms with Crippen molar-refractivity contribution in [2.24, 2.45) is 0 Å². The Bertz CT molecular complexity index is 1090. The van der Waals surface area contributed by atoms with Crippen LogP contribution in [0.25, 0.3) is 0 Å². The van der Waals surface area contributed by atoms with Crippen LogP contribution < -0.4 is 10.6 Å². The fourth-order valence-corrected chi connectivity index (χ4v) is 3.22. The van der Waals surface area contributed by atoms with E-state index in [-0.39, 0.29) is 11.6 Å². The van der Waals surface area contributed by atoms with Crippen molar-refractivity contribution >= 4 is 23.2 Å². The molecule has 3 aromatic rings. The number of carbonyl (C=O) groups excluding carboxylic acids is 1. The Hall–Kier alpha value is -4.01. The van der Waals surface area contributed by atoms with E-state index in [9.17, 15) is 14.9 Å². The van der Waals surface area contributed by atoms with Crippen LogP contribution in [0.5, 0.6) is 0 Å². The molecule has 4 rings (SSSR count). The number of nitro groups is 1. The van der Waals surface area contributed by atoms with Crippen LogP contribution in [-0.4, -0.2) is 25.6 Å². The fraction of sp³-hybridized carbons (Fsp3) is 0.105. The minimum Gasteiger partial charge on any atom is -0.328 e. The molecule has 0 unspecified atom stereocenters. The maximum absolute atomic E-state index is 13.1. The highest BCUT2D eigenvalue weighted by atomic mass is 16.6. The number of rotatable bonds is 4. The van der Waals surface area contributed by atoms with Crippen LogP contribution in [0.3, 0.4) is 0 Å². The predicted molar refractivity (Wildman–Crippen MR) is 103 cm³/mol. The Kier molecular flexibility index (Phi) is 4.32. The zero-order valence-corrected chi connectivity index (χ0v) is 14.9. The molecule has 1 aliphatic rings. The van der Waals surface area contributed by atoms with Crippen molar-refractivity contribution in [2.75, 3.05) is 10.6 Å². The number of hydrogen-bond donors (Lipinski definition) is 2. The number of allylic oxidation sites excluding steroid dienone is 1. The van der Waals surface area contributed by atoms with Gasteiger partial charge in [-0.05, 0) is 24.6 Å². The van der Waals surface area contributed by atoms with Crippen molar-refractivity contribution in [2.45, 2.75) is 13.0 Å². The normalized spacial score (nSPS) is 15.5. The van der Waals surface area contributed by atoms with E-state index in [4.69, 9.17) is 0 Å². The molecular weight excluding hydrogens is 360 g/mol. The lowest BCUT2D eigenvalue weighted by Gasteiger charge is -2.28. The van der Waals surface area contributed by atoms with Gasteiger partial charge in [-0.25, -0.2) is 4.68 Å². The van der Waals surface area contributed by atoms with Crippen LogP contribution in [0, 0.1) is 10.1 Å². The number of non-ortho nitro benzene ring substituents is 1. The highest BCUT2D eigenvalue weighted by molar-refractivity contribution is 6.06. The van der Waals surface area contributed by atoms with Crippen molar-refractivity contribution in [3.8, 4) is 0 Å². The second-order valence-corrected chi connectivity index (χ2v) is 6.27. The van der Waals surface area contributed by atoms with E-state index in [2.05, 4.69) is 20.7 Å². The number of aromatic nitrogens is 3. The third-order valence-corrected chi connectivity index (χ3v) is 4.47. The van der Waals surface area contributed by atoms with Gasteiger partial charge in [0.1, 0.15) is 12.4 Å². The van der Waals surface area contributed by atoms with Crippen LogP contribution >= 0.6 is 0 Å². The van der Waals surface area contributed by atoms with Gasteiger partial charge < -0.3 is 10.6 Å². The molecule has 0 bridgehead atoms. The van der Waals surface area contributed by atoms with Crippen LogP contribution in [-0.2, 0) is 4.79 Å². The molecule has 2 aromatic carbocycles. The molecule has 0 saturated heterocycles. The molecule has 9 nitrogen and oxygen atoms in total. The number of fused-ring (bicyclic) bond motifs is 1. The summed E-state index contributed by atoms with van der Waals surface area (Å²) in [5.74, 6) is 0.138. The van der Waals surface area contributed by atoms with E-state index in [0.717, 1.165) is 0 Å². The minimum absolute atomic E-state index is 0.0573. The summed E-state index contributed by atoms with van der Waals surface area (Å²) in [5.41, 5.74) is 2.17. The van der Waals surface area contributed by atoms with Crippen molar-refractivity contribution in [1.29, 1.82) is 0 Å². The topological polar surface area (TPSA) is 115 Å². The molecule has 0 saturated carbocycles. The first-order valence-electron chi connectivity index (χ1n) is 8.52.